The summed E-state index contributed by atoms with van der Waals surface area (Å²) in [5.74, 6) is -1.15. The standard InChI is InChI=1S/C8H5FN2O2S/c1-13-8(12)7-11-6-4(14-7)2-3-5(9)10-6/h2-3H,1H3. The highest BCUT2D eigenvalue weighted by Gasteiger charge is 2.13. The predicted molar refractivity (Wildman–Crippen MR) is 48.7 cm³/mol. The molecular formula is C8H5FN2O2S. The van der Waals surface area contributed by atoms with Crippen molar-refractivity contribution in [1.29, 1.82) is 0 Å². The number of aromatic nitrogens is 2. The van der Waals surface area contributed by atoms with Gasteiger partial charge in [-0.25, -0.2) is 9.78 Å². The van der Waals surface area contributed by atoms with Crippen LogP contribution in [0.5, 0.6) is 0 Å². The lowest BCUT2D eigenvalue weighted by Gasteiger charge is -1.89. The number of ether oxygens (including phenoxy) is 1. The maximum absolute atomic E-state index is 12.7. The Morgan fingerprint density at radius 1 is 1.50 bits per heavy atom. The molecule has 0 atom stereocenters. The number of rotatable bonds is 1. The van der Waals surface area contributed by atoms with Gasteiger partial charge in [0.2, 0.25) is 11.0 Å². The van der Waals surface area contributed by atoms with Crippen molar-refractivity contribution < 1.29 is 13.9 Å². The number of carbonyl (C=O) groups is 1. The minimum absolute atomic E-state index is 0.181. The Bertz CT molecular complexity index is 497. The van der Waals surface area contributed by atoms with E-state index >= 15 is 0 Å². The Kier molecular flexibility index (Phi) is 2.12. The number of nitrogens with zero attached hydrogens (tertiary/aromatic N) is 2. The summed E-state index contributed by atoms with van der Waals surface area (Å²) in [6.07, 6.45) is 0. The molecule has 2 aromatic rings. The van der Waals surface area contributed by atoms with Gasteiger partial charge in [-0.1, -0.05) is 0 Å². The highest BCUT2D eigenvalue weighted by atomic mass is 32.1. The summed E-state index contributed by atoms with van der Waals surface area (Å²) in [6, 6.07) is 2.75. The molecule has 0 unspecified atom stereocenters. The summed E-state index contributed by atoms with van der Waals surface area (Å²) in [4.78, 5) is 18.4. The molecule has 4 nitrogen and oxygen atoms in total. The smallest absolute Gasteiger partial charge is 0.367 e. The van der Waals surface area contributed by atoms with Crippen LogP contribution in [0.4, 0.5) is 4.39 Å². The largest absolute Gasteiger partial charge is 0.464 e. The molecule has 2 heterocycles. The third-order valence-electron chi connectivity index (χ3n) is 1.58. The first-order chi connectivity index (χ1) is 6.70. The van der Waals surface area contributed by atoms with Crippen LogP contribution in [0.25, 0.3) is 10.3 Å². The maximum atomic E-state index is 12.7. The van der Waals surface area contributed by atoms with E-state index in [1.54, 1.807) is 0 Å². The van der Waals surface area contributed by atoms with E-state index in [0.717, 1.165) is 11.3 Å². The van der Waals surface area contributed by atoms with Gasteiger partial charge in [0.1, 0.15) is 0 Å². The van der Waals surface area contributed by atoms with E-state index in [1.165, 1.54) is 19.2 Å². The average Bonchev–Trinajstić information content (AvgIpc) is 2.59. The number of fused-ring (bicyclic) bond motifs is 1. The third-order valence-corrected chi connectivity index (χ3v) is 2.57. The number of pyridine rings is 1. The molecule has 14 heavy (non-hydrogen) atoms. The van der Waals surface area contributed by atoms with E-state index in [2.05, 4.69) is 14.7 Å². The van der Waals surface area contributed by atoms with Crippen LogP contribution in [0.1, 0.15) is 9.80 Å². The number of thiazole rings is 1. The maximum Gasteiger partial charge on any atom is 0.367 e. The summed E-state index contributed by atoms with van der Waals surface area (Å²) in [7, 11) is 1.27. The Morgan fingerprint density at radius 2 is 2.29 bits per heavy atom. The van der Waals surface area contributed by atoms with E-state index < -0.39 is 11.9 Å². The van der Waals surface area contributed by atoms with E-state index in [-0.39, 0.29) is 10.7 Å². The quantitative estimate of drug-likeness (QED) is 0.532. The Labute approximate surface area is 82.4 Å². The SMILES string of the molecule is COC(=O)c1nc2nc(F)ccc2s1. The number of hydrogen-bond acceptors (Lipinski definition) is 5. The lowest BCUT2D eigenvalue weighted by atomic mass is 10.5. The van der Waals surface area contributed by atoms with Gasteiger partial charge in [0.25, 0.3) is 0 Å². The molecule has 72 valence electrons. The second-order valence-electron chi connectivity index (χ2n) is 2.47. The van der Waals surface area contributed by atoms with Crippen LogP contribution < -0.4 is 0 Å². The molecule has 0 spiro atoms. The molecule has 0 fully saturated rings. The van der Waals surface area contributed by atoms with Crippen molar-refractivity contribution in [3.8, 4) is 0 Å². The molecule has 0 N–H and O–H groups in total. The number of halogens is 1. The summed E-state index contributed by atoms with van der Waals surface area (Å²) >= 11 is 1.12. The van der Waals surface area contributed by atoms with Crippen LogP contribution in [0.15, 0.2) is 12.1 Å². The normalized spacial score (nSPS) is 10.4. The molecule has 2 rings (SSSR count). The van der Waals surface area contributed by atoms with Crippen molar-refractivity contribution in [3.05, 3.63) is 23.1 Å². The first-order valence-electron chi connectivity index (χ1n) is 3.72. The van der Waals surface area contributed by atoms with Crippen LogP contribution in [-0.4, -0.2) is 23.0 Å². The van der Waals surface area contributed by atoms with Crippen molar-refractivity contribution in [2.45, 2.75) is 0 Å². The fraction of sp³-hybridized carbons (Fsp3) is 0.125. The minimum atomic E-state index is -0.612. The monoisotopic (exact) mass is 212 g/mol. The third kappa shape index (κ3) is 1.44. The van der Waals surface area contributed by atoms with Crippen LogP contribution in [0.3, 0.4) is 0 Å². The lowest BCUT2D eigenvalue weighted by molar-refractivity contribution is 0.0600. The molecule has 2 aromatic heterocycles. The lowest BCUT2D eigenvalue weighted by Crippen LogP contribution is -1.99. The highest BCUT2D eigenvalue weighted by Crippen LogP contribution is 2.20. The molecule has 0 amide bonds. The molecule has 0 aliphatic carbocycles. The summed E-state index contributed by atoms with van der Waals surface area (Å²) in [5.41, 5.74) is 0.232. The summed E-state index contributed by atoms with van der Waals surface area (Å²) in [6.45, 7) is 0. The molecule has 0 saturated heterocycles. The fourth-order valence-electron chi connectivity index (χ4n) is 0.970. The molecule has 6 heteroatoms. The number of hydrogen-bond donors (Lipinski definition) is 0. The van der Waals surface area contributed by atoms with Crippen molar-refractivity contribution in [1.82, 2.24) is 9.97 Å². The summed E-state index contributed by atoms with van der Waals surface area (Å²) < 4.78 is 17.8. The Morgan fingerprint density at radius 3 is 3.00 bits per heavy atom. The number of carbonyl (C=O) groups excluding carboxylic acids is 1. The van der Waals surface area contributed by atoms with Gasteiger partial charge < -0.3 is 4.74 Å². The van der Waals surface area contributed by atoms with Crippen molar-refractivity contribution in [2.75, 3.05) is 7.11 Å². The number of esters is 1. The van der Waals surface area contributed by atoms with E-state index in [9.17, 15) is 9.18 Å². The molecule has 0 aliphatic heterocycles. The zero-order chi connectivity index (χ0) is 10.1. The first-order valence-corrected chi connectivity index (χ1v) is 4.54. The predicted octanol–water partition coefficient (Wildman–Crippen LogP) is 1.62. The van der Waals surface area contributed by atoms with Crippen LogP contribution >= 0.6 is 11.3 Å². The molecule has 0 aromatic carbocycles. The van der Waals surface area contributed by atoms with E-state index in [0.29, 0.717) is 4.70 Å². The zero-order valence-corrected chi connectivity index (χ0v) is 7.97. The van der Waals surface area contributed by atoms with Gasteiger partial charge in [-0.3, -0.25) is 0 Å². The van der Waals surface area contributed by atoms with Crippen molar-refractivity contribution >= 4 is 27.7 Å². The van der Waals surface area contributed by atoms with Gasteiger partial charge in [0.05, 0.1) is 11.8 Å². The van der Waals surface area contributed by atoms with Gasteiger partial charge in [0, 0.05) is 0 Å². The van der Waals surface area contributed by atoms with Crippen LogP contribution in [-0.2, 0) is 4.74 Å². The van der Waals surface area contributed by atoms with E-state index in [4.69, 9.17) is 0 Å². The summed E-state index contributed by atoms with van der Waals surface area (Å²) in [5, 5.41) is 0.181. The van der Waals surface area contributed by atoms with Crippen LogP contribution in [0, 0.1) is 5.95 Å². The second kappa shape index (κ2) is 3.30. The Balaban J connectivity index is 2.56. The van der Waals surface area contributed by atoms with Crippen LogP contribution in [0.2, 0.25) is 0 Å². The molecule has 0 saturated carbocycles. The highest BCUT2D eigenvalue weighted by molar-refractivity contribution is 7.20. The van der Waals surface area contributed by atoms with Gasteiger partial charge in [0.15, 0.2) is 5.65 Å². The van der Waals surface area contributed by atoms with Gasteiger partial charge >= 0.3 is 5.97 Å². The minimum Gasteiger partial charge on any atom is -0.464 e. The van der Waals surface area contributed by atoms with Gasteiger partial charge in [-0.05, 0) is 12.1 Å². The molecule has 0 aliphatic rings. The van der Waals surface area contributed by atoms with Gasteiger partial charge in [-0.15, -0.1) is 11.3 Å². The topological polar surface area (TPSA) is 52.1 Å². The second-order valence-corrected chi connectivity index (χ2v) is 3.50. The van der Waals surface area contributed by atoms with Crippen molar-refractivity contribution in [2.24, 2.45) is 0 Å². The average molecular weight is 212 g/mol. The van der Waals surface area contributed by atoms with E-state index in [1.807, 2.05) is 0 Å². The number of methoxy groups -OCH3 is 1. The zero-order valence-electron chi connectivity index (χ0n) is 7.15. The Hall–Kier alpha value is -1.56. The molecular weight excluding hydrogens is 207 g/mol. The first kappa shape index (κ1) is 9.01. The van der Waals surface area contributed by atoms with Gasteiger partial charge in [-0.2, -0.15) is 9.37 Å². The fourth-order valence-corrected chi connectivity index (χ4v) is 1.80. The molecule has 0 radical (unpaired) electrons. The van der Waals surface area contributed by atoms with Crippen molar-refractivity contribution in [3.63, 3.8) is 0 Å². The molecule has 0 bridgehead atoms.